The number of carboxylic acid groups (broad SMARTS) is 1. The second-order valence-electron chi connectivity index (χ2n) is 12.6. The number of aromatic carboxylic acids is 1. The molecule has 51 heavy (non-hydrogen) atoms. The van der Waals surface area contributed by atoms with E-state index in [9.17, 15) is 19.9 Å². The fourth-order valence-electron chi connectivity index (χ4n) is 7.00. The van der Waals surface area contributed by atoms with Crippen molar-refractivity contribution >= 4 is 41.0 Å². The highest BCUT2D eigenvalue weighted by Gasteiger charge is 2.38. The van der Waals surface area contributed by atoms with Gasteiger partial charge in [0, 0.05) is 28.3 Å². The summed E-state index contributed by atoms with van der Waals surface area (Å²) in [5.74, 6) is -3.29. The lowest BCUT2D eigenvalue weighted by molar-refractivity contribution is -0.904. The summed E-state index contributed by atoms with van der Waals surface area (Å²) in [5.41, 5.74) is 0.760. The van der Waals surface area contributed by atoms with Crippen LogP contribution in [-0.2, 0) is 17.7 Å². The highest BCUT2D eigenvalue weighted by atomic mass is 35.5. The van der Waals surface area contributed by atoms with Crippen molar-refractivity contribution in [2.24, 2.45) is 5.92 Å². The van der Waals surface area contributed by atoms with E-state index in [4.69, 9.17) is 37.4 Å². The first-order chi connectivity index (χ1) is 24.5. The van der Waals surface area contributed by atoms with Gasteiger partial charge in [0.15, 0.2) is 11.5 Å². The number of carboxylic acids is 1. The number of anilines is 1. The van der Waals surface area contributed by atoms with Crippen LogP contribution in [0, 0.1) is 17.6 Å². The molecule has 4 heterocycles. The normalized spacial score (nSPS) is 18.6. The number of methoxy groups -OCH3 is 2. The predicted octanol–water partition coefficient (Wildman–Crippen LogP) is 5.79. The lowest BCUT2D eigenvalue weighted by Crippen LogP contribution is -2.53. The number of amides is 1. The molecule has 7 rings (SSSR count). The Kier molecular flexibility index (Phi) is 10.8. The lowest BCUT2D eigenvalue weighted by Gasteiger charge is -2.44. The van der Waals surface area contributed by atoms with Crippen LogP contribution in [0.3, 0.4) is 0 Å². The molecule has 268 valence electrons. The SMILES string of the molecule is COc1ccc([C@H](Cc2c(Cl)c[n+](O)cc2Cl)c2cc(CN(C(=O)O[C@H]3CN4CCC3CC4)c3c(F)cccc3F)ccc2C(=O)[O-])cc1OC. The van der Waals surface area contributed by atoms with Gasteiger partial charge in [0.25, 0.3) is 0 Å². The maximum absolute atomic E-state index is 15.3. The van der Waals surface area contributed by atoms with Gasteiger partial charge in [-0.25, -0.2) is 13.6 Å². The summed E-state index contributed by atoms with van der Waals surface area (Å²) in [6.45, 7) is 1.97. The van der Waals surface area contributed by atoms with E-state index in [2.05, 4.69) is 4.90 Å². The minimum Gasteiger partial charge on any atom is -0.545 e. The molecule has 14 heteroatoms. The Labute approximate surface area is 303 Å². The number of benzene rings is 3. The third-order valence-electron chi connectivity index (χ3n) is 9.61. The van der Waals surface area contributed by atoms with Crippen molar-refractivity contribution in [1.29, 1.82) is 0 Å². The molecule has 0 spiro atoms. The van der Waals surface area contributed by atoms with Crippen LogP contribution in [0.2, 0.25) is 10.0 Å². The van der Waals surface area contributed by atoms with Crippen molar-refractivity contribution in [2.75, 3.05) is 38.8 Å². The monoisotopic (exact) mass is 741 g/mol. The second kappa shape index (κ2) is 15.3. The van der Waals surface area contributed by atoms with Crippen molar-refractivity contribution in [3.8, 4) is 11.5 Å². The van der Waals surface area contributed by atoms with Crippen molar-refractivity contribution in [3.05, 3.63) is 116 Å². The minimum atomic E-state index is -1.49. The molecule has 3 saturated heterocycles. The number of carbonyl (C=O) groups excluding carboxylic acids is 2. The number of halogens is 4. The van der Waals surface area contributed by atoms with Gasteiger partial charge in [-0.1, -0.05) is 53.5 Å². The zero-order valence-corrected chi connectivity index (χ0v) is 29.3. The van der Waals surface area contributed by atoms with Crippen LogP contribution in [0.1, 0.15) is 51.4 Å². The fraction of sp³-hybridized carbons (Fsp3) is 0.324. The largest absolute Gasteiger partial charge is 0.545 e. The minimum absolute atomic E-state index is 0.0327. The van der Waals surface area contributed by atoms with Crippen LogP contribution >= 0.6 is 23.2 Å². The second-order valence-corrected chi connectivity index (χ2v) is 13.4. The Morgan fingerprint density at radius 3 is 2.25 bits per heavy atom. The van der Waals surface area contributed by atoms with E-state index in [1.807, 2.05) is 0 Å². The van der Waals surface area contributed by atoms with Gasteiger partial charge < -0.3 is 24.1 Å². The van der Waals surface area contributed by atoms with Gasteiger partial charge in [0.1, 0.15) is 33.5 Å². The van der Waals surface area contributed by atoms with Crippen LogP contribution < -0.4 is 24.2 Å². The van der Waals surface area contributed by atoms with Gasteiger partial charge in [-0.2, -0.15) is 0 Å². The fourth-order valence-corrected chi connectivity index (χ4v) is 7.61. The summed E-state index contributed by atoms with van der Waals surface area (Å²) >= 11 is 13.1. The Bertz CT molecular complexity index is 1910. The third-order valence-corrected chi connectivity index (χ3v) is 10.3. The molecule has 4 aromatic rings. The number of nitrogens with zero attached hydrogens (tertiary/aromatic N) is 3. The molecule has 0 unspecified atom stereocenters. The standard InChI is InChI=1S/C37H35Cl2F2N3O7/c1-49-32-9-7-23(15-33(32)50-2)25(16-27-28(38)18-43(48)19-29(27)39)26-14-21(6-8-24(26)36(45)46)17-44(35-30(40)4-3-5-31(35)41)37(47)51-34-20-42-12-10-22(34)11-13-42/h3-9,14-15,18-19,22,25,34H,10-13,16-17,20H2,1-2H3,(H-,45,46,48)/t25-,34-/m0/s1. The van der Waals surface area contributed by atoms with E-state index in [1.54, 1.807) is 18.2 Å². The summed E-state index contributed by atoms with van der Waals surface area (Å²) in [5, 5.41) is 22.8. The molecule has 10 nitrogen and oxygen atoms in total. The molecular formula is C37H35Cl2F2N3O7. The number of aromatic nitrogens is 1. The molecule has 3 aromatic carbocycles. The molecule has 0 radical (unpaired) electrons. The first-order valence-electron chi connectivity index (χ1n) is 16.3. The first-order valence-corrected chi connectivity index (χ1v) is 17.0. The maximum Gasteiger partial charge on any atom is 0.415 e. The van der Waals surface area contributed by atoms with E-state index in [0.29, 0.717) is 39.5 Å². The third kappa shape index (κ3) is 7.68. The Morgan fingerprint density at radius 2 is 1.67 bits per heavy atom. The molecule has 3 aliphatic heterocycles. The van der Waals surface area contributed by atoms with E-state index < -0.39 is 41.4 Å². The predicted molar refractivity (Wildman–Crippen MR) is 182 cm³/mol. The molecule has 0 aliphatic carbocycles. The number of piperidine rings is 3. The highest BCUT2D eigenvalue weighted by Crippen LogP contribution is 2.40. The Balaban J connectivity index is 1.45. The van der Waals surface area contributed by atoms with E-state index >= 15 is 8.78 Å². The molecule has 1 N–H and O–H groups in total. The Hall–Kier alpha value is -4.65. The summed E-state index contributed by atoms with van der Waals surface area (Å²) in [4.78, 5) is 29.6. The number of rotatable bonds is 11. The molecule has 3 fully saturated rings. The molecular weight excluding hydrogens is 707 g/mol. The van der Waals surface area contributed by atoms with Gasteiger partial charge in [-0.05, 0) is 79.2 Å². The van der Waals surface area contributed by atoms with Crippen LogP contribution in [0.25, 0.3) is 0 Å². The van der Waals surface area contributed by atoms with Gasteiger partial charge in [-0.15, -0.1) is 0 Å². The molecule has 1 amide bonds. The van der Waals surface area contributed by atoms with Gasteiger partial charge >= 0.3 is 6.09 Å². The van der Waals surface area contributed by atoms with Crippen LogP contribution in [0.4, 0.5) is 19.3 Å². The van der Waals surface area contributed by atoms with Crippen molar-refractivity contribution in [2.45, 2.75) is 37.8 Å². The number of fused-ring (bicyclic) bond motifs is 3. The molecule has 2 atom stereocenters. The topological polar surface area (TPSA) is 115 Å². The number of pyridine rings is 1. The molecule has 2 bridgehead atoms. The summed E-state index contributed by atoms with van der Waals surface area (Å²) in [6.07, 6.45) is 2.85. The maximum atomic E-state index is 15.3. The van der Waals surface area contributed by atoms with Crippen molar-refractivity contribution < 1.29 is 47.6 Å². The number of para-hydroxylation sites is 1. The zero-order valence-electron chi connectivity index (χ0n) is 27.8. The number of ether oxygens (including phenoxy) is 3. The quantitative estimate of drug-likeness (QED) is 0.152. The lowest BCUT2D eigenvalue weighted by atomic mass is 9.82. The average Bonchev–Trinajstić information content (AvgIpc) is 3.11. The van der Waals surface area contributed by atoms with Gasteiger partial charge in [0.2, 0.25) is 12.4 Å². The summed E-state index contributed by atoms with van der Waals surface area (Å²) in [6, 6.07) is 12.7. The molecule has 1 aromatic heterocycles. The van der Waals surface area contributed by atoms with Crippen molar-refractivity contribution in [3.63, 3.8) is 0 Å². The van der Waals surface area contributed by atoms with Crippen LogP contribution in [0.15, 0.2) is 67.0 Å². The van der Waals surface area contributed by atoms with Gasteiger partial charge in [-0.3, -0.25) is 15.0 Å². The average molecular weight is 743 g/mol. The van der Waals surface area contributed by atoms with E-state index in [-0.39, 0.29) is 40.1 Å². The van der Waals surface area contributed by atoms with Gasteiger partial charge in [0.05, 0.1) is 26.7 Å². The molecule has 0 saturated carbocycles. The van der Waals surface area contributed by atoms with Crippen LogP contribution in [-0.4, -0.2) is 62.1 Å². The smallest absolute Gasteiger partial charge is 0.415 e. The molecule has 3 aliphatic rings. The first kappa shape index (κ1) is 36.2. The van der Waals surface area contributed by atoms with Crippen LogP contribution in [0.5, 0.6) is 11.5 Å². The van der Waals surface area contributed by atoms with Crippen molar-refractivity contribution in [1.82, 2.24) is 4.90 Å². The number of hydrogen-bond acceptors (Lipinski definition) is 8. The number of hydrogen-bond donors (Lipinski definition) is 1. The van der Waals surface area contributed by atoms with E-state index in [1.165, 1.54) is 50.9 Å². The summed E-state index contributed by atoms with van der Waals surface area (Å²) < 4.78 is 48.2. The highest BCUT2D eigenvalue weighted by molar-refractivity contribution is 6.35. The number of carbonyl (C=O) groups is 2. The zero-order chi connectivity index (χ0) is 36.4. The summed E-state index contributed by atoms with van der Waals surface area (Å²) in [7, 11) is 2.94. The van der Waals surface area contributed by atoms with E-state index in [0.717, 1.165) is 43.0 Å². The Morgan fingerprint density at radius 1 is 1.00 bits per heavy atom.